The third kappa shape index (κ3) is 9.06. The molecular formula is C18H39P. The van der Waals surface area contributed by atoms with Crippen LogP contribution in [0.25, 0.3) is 0 Å². The van der Waals surface area contributed by atoms with Crippen molar-refractivity contribution in [1.29, 1.82) is 0 Å². The molecule has 0 amide bonds. The van der Waals surface area contributed by atoms with E-state index in [0.717, 1.165) is 17.5 Å². The third-order valence-electron chi connectivity index (χ3n) is 4.51. The van der Waals surface area contributed by atoms with Crippen LogP contribution in [0.2, 0.25) is 0 Å². The van der Waals surface area contributed by atoms with E-state index in [9.17, 15) is 0 Å². The van der Waals surface area contributed by atoms with Gasteiger partial charge in [-0.15, -0.1) is 9.24 Å². The Bertz CT molecular complexity index is 173. The van der Waals surface area contributed by atoms with Gasteiger partial charge in [-0.3, -0.25) is 0 Å². The Morgan fingerprint density at radius 1 is 0.632 bits per heavy atom. The topological polar surface area (TPSA) is 0 Å². The van der Waals surface area contributed by atoms with E-state index in [-0.39, 0.29) is 0 Å². The van der Waals surface area contributed by atoms with Crippen molar-refractivity contribution in [2.45, 2.75) is 104 Å². The molecule has 0 spiro atoms. The molecular weight excluding hydrogens is 247 g/mol. The van der Waals surface area contributed by atoms with E-state index in [1.807, 2.05) is 0 Å². The summed E-state index contributed by atoms with van der Waals surface area (Å²) in [6, 6.07) is 0. The first-order chi connectivity index (χ1) is 9.21. The first kappa shape index (κ1) is 19.4. The molecule has 0 aliphatic heterocycles. The van der Waals surface area contributed by atoms with Crippen molar-refractivity contribution in [2.75, 3.05) is 0 Å². The summed E-state index contributed by atoms with van der Waals surface area (Å²) in [7, 11) is 3.21. The van der Waals surface area contributed by atoms with Crippen LogP contribution in [0.3, 0.4) is 0 Å². The summed E-state index contributed by atoms with van der Waals surface area (Å²) in [5.74, 6) is 1.94. The Hall–Kier alpha value is 0.430. The maximum absolute atomic E-state index is 3.21. The van der Waals surface area contributed by atoms with Crippen molar-refractivity contribution in [1.82, 2.24) is 0 Å². The number of hydrogen-bond acceptors (Lipinski definition) is 0. The predicted molar refractivity (Wildman–Crippen MR) is 94.0 cm³/mol. The van der Waals surface area contributed by atoms with E-state index in [0.29, 0.717) is 0 Å². The zero-order chi connectivity index (χ0) is 14.5. The molecule has 0 aromatic carbocycles. The lowest BCUT2D eigenvalue weighted by molar-refractivity contribution is 0.254. The molecule has 0 aliphatic carbocycles. The maximum atomic E-state index is 3.21. The van der Waals surface area contributed by atoms with Gasteiger partial charge in [0.05, 0.1) is 0 Å². The zero-order valence-electron chi connectivity index (χ0n) is 14.1. The molecule has 0 nitrogen and oxygen atoms in total. The number of hydrogen-bond donors (Lipinski definition) is 0. The van der Waals surface area contributed by atoms with Gasteiger partial charge in [-0.2, -0.15) is 0 Å². The van der Waals surface area contributed by atoms with Crippen molar-refractivity contribution in [3.8, 4) is 0 Å². The quantitative estimate of drug-likeness (QED) is 0.257. The van der Waals surface area contributed by atoms with Crippen LogP contribution >= 0.6 is 9.24 Å². The minimum atomic E-state index is 0.862. The van der Waals surface area contributed by atoms with Crippen LogP contribution in [0.1, 0.15) is 98.3 Å². The highest BCUT2D eigenvalue weighted by molar-refractivity contribution is 7.17. The Morgan fingerprint density at radius 3 is 1.68 bits per heavy atom. The molecule has 0 aromatic heterocycles. The van der Waals surface area contributed by atoms with Gasteiger partial charge in [0.25, 0.3) is 0 Å². The molecule has 0 heterocycles. The van der Waals surface area contributed by atoms with Crippen molar-refractivity contribution in [3.05, 3.63) is 0 Å². The summed E-state index contributed by atoms with van der Waals surface area (Å²) in [5, 5.41) is 0. The van der Waals surface area contributed by atoms with Gasteiger partial charge in [0.1, 0.15) is 0 Å². The van der Waals surface area contributed by atoms with Gasteiger partial charge in [-0.1, -0.05) is 85.5 Å². The smallest absolute Gasteiger partial charge is 0.0233 e. The lowest BCUT2D eigenvalue weighted by atomic mass is 9.78. The molecule has 0 saturated heterocycles. The maximum Gasteiger partial charge on any atom is -0.0233 e. The lowest BCUT2D eigenvalue weighted by Crippen LogP contribution is -2.24. The Labute approximate surface area is 125 Å². The van der Waals surface area contributed by atoms with Crippen LogP contribution in [-0.4, -0.2) is 5.66 Å². The van der Waals surface area contributed by atoms with Crippen LogP contribution in [0, 0.1) is 11.8 Å². The average Bonchev–Trinajstić information content (AvgIpc) is 2.40. The summed E-state index contributed by atoms with van der Waals surface area (Å²) in [6.45, 7) is 9.35. The second-order valence-electron chi connectivity index (χ2n) is 6.30. The molecule has 3 atom stereocenters. The highest BCUT2D eigenvalue weighted by Gasteiger charge is 2.25. The summed E-state index contributed by atoms with van der Waals surface area (Å²) in [6.07, 6.45) is 15.5. The zero-order valence-corrected chi connectivity index (χ0v) is 15.2. The van der Waals surface area contributed by atoms with Crippen molar-refractivity contribution in [2.24, 2.45) is 11.8 Å². The second kappa shape index (κ2) is 13.4. The van der Waals surface area contributed by atoms with Crippen LogP contribution < -0.4 is 0 Å². The minimum absolute atomic E-state index is 0.862. The molecule has 1 heteroatoms. The predicted octanol–water partition coefficient (Wildman–Crippen LogP) is 6.83. The first-order valence-corrected chi connectivity index (χ1v) is 9.63. The fraction of sp³-hybridized carbons (Fsp3) is 1.00. The Morgan fingerprint density at radius 2 is 1.21 bits per heavy atom. The van der Waals surface area contributed by atoms with Gasteiger partial charge in [-0.05, 0) is 30.3 Å². The highest BCUT2D eigenvalue weighted by atomic mass is 31.0. The molecule has 0 aliphatic rings. The van der Waals surface area contributed by atoms with Crippen molar-refractivity contribution < 1.29 is 0 Å². The normalized spacial score (nSPS) is 14.8. The van der Waals surface area contributed by atoms with E-state index in [2.05, 4.69) is 36.9 Å². The molecule has 0 bridgehead atoms. The van der Waals surface area contributed by atoms with E-state index in [1.54, 1.807) is 0 Å². The van der Waals surface area contributed by atoms with Gasteiger partial charge < -0.3 is 0 Å². The Balaban J connectivity index is 4.44. The molecule has 0 aromatic rings. The fourth-order valence-corrected chi connectivity index (χ4v) is 4.14. The summed E-state index contributed by atoms with van der Waals surface area (Å²) >= 11 is 0. The second-order valence-corrected chi connectivity index (χ2v) is 7.16. The van der Waals surface area contributed by atoms with E-state index >= 15 is 0 Å². The van der Waals surface area contributed by atoms with Crippen molar-refractivity contribution >= 4 is 9.24 Å². The van der Waals surface area contributed by atoms with Crippen LogP contribution in [0.4, 0.5) is 0 Å². The monoisotopic (exact) mass is 286 g/mol. The number of rotatable bonds is 13. The number of unbranched alkanes of at least 4 members (excludes halogenated alkanes) is 3. The van der Waals surface area contributed by atoms with E-state index < -0.39 is 0 Å². The molecule has 0 saturated carbocycles. The summed E-state index contributed by atoms with van der Waals surface area (Å²) < 4.78 is 0. The Kier molecular flexibility index (Phi) is 13.7. The van der Waals surface area contributed by atoms with Crippen LogP contribution in [0.15, 0.2) is 0 Å². The molecule has 116 valence electrons. The standard InChI is InChI=1S/C18H39P/c1-5-9-11-15-18(19)17(14-10-6-2)16(12-7-3)13-8-4/h16-18H,5-15,19H2,1-4H3. The molecule has 0 N–H and O–H groups in total. The van der Waals surface area contributed by atoms with Gasteiger partial charge in [0.15, 0.2) is 0 Å². The van der Waals surface area contributed by atoms with Gasteiger partial charge in [-0.25, -0.2) is 0 Å². The lowest BCUT2D eigenvalue weighted by Gasteiger charge is -2.32. The summed E-state index contributed by atoms with van der Waals surface area (Å²) in [5.41, 5.74) is 0.862. The first-order valence-electron chi connectivity index (χ1n) is 8.96. The molecule has 0 rings (SSSR count). The van der Waals surface area contributed by atoms with E-state index in [1.165, 1.54) is 70.6 Å². The minimum Gasteiger partial charge on any atom is -0.134 e. The van der Waals surface area contributed by atoms with Crippen molar-refractivity contribution in [3.63, 3.8) is 0 Å². The highest BCUT2D eigenvalue weighted by Crippen LogP contribution is 2.35. The van der Waals surface area contributed by atoms with Gasteiger partial charge >= 0.3 is 0 Å². The van der Waals surface area contributed by atoms with Crippen LogP contribution in [-0.2, 0) is 0 Å². The third-order valence-corrected chi connectivity index (χ3v) is 5.33. The SMILES string of the molecule is CCCCCC(P)C(CCCC)C(CCC)CCC. The van der Waals surface area contributed by atoms with Crippen LogP contribution in [0.5, 0.6) is 0 Å². The molecule has 19 heavy (non-hydrogen) atoms. The summed E-state index contributed by atoms with van der Waals surface area (Å²) in [4.78, 5) is 0. The fourth-order valence-electron chi connectivity index (χ4n) is 3.40. The van der Waals surface area contributed by atoms with Gasteiger partial charge in [0, 0.05) is 0 Å². The molecule has 0 radical (unpaired) electrons. The molecule has 0 fully saturated rings. The largest absolute Gasteiger partial charge is 0.134 e. The van der Waals surface area contributed by atoms with E-state index in [4.69, 9.17) is 0 Å². The molecule has 3 unspecified atom stereocenters. The van der Waals surface area contributed by atoms with Gasteiger partial charge in [0.2, 0.25) is 0 Å². The average molecular weight is 286 g/mol.